The Balaban J connectivity index is 0.00000200. The van der Waals surface area contributed by atoms with E-state index in [4.69, 9.17) is 0 Å². The maximum atomic E-state index is 12.1. The van der Waals surface area contributed by atoms with E-state index in [0.717, 1.165) is 25.9 Å². The monoisotopic (exact) mass is 297 g/mol. The normalized spacial score (nSPS) is 15.1. The summed E-state index contributed by atoms with van der Waals surface area (Å²) in [5.74, 6) is -0.0570. The van der Waals surface area contributed by atoms with Crippen LogP contribution < -0.4 is 16.0 Å². The van der Waals surface area contributed by atoms with Crippen molar-refractivity contribution in [2.75, 3.05) is 25.5 Å². The van der Waals surface area contributed by atoms with Gasteiger partial charge in [0.25, 0.3) is 5.91 Å². The Morgan fingerprint density at radius 1 is 1.25 bits per heavy atom. The first-order valence-electron chi connectivity index (χ1n) is 6.54. The molecule has 1 heterocycles. The number of hydrogen-bond acceptors (Lipinski definition) is 3. The summed E-state index contributed by atoms with van der Waals surface area (Å²) in [5, 5.41) is 8.68. The highest BCUT2D eigenvalue weighted by molar-refractivity contribution is 5.97. The lowest BCUT2D eigenvalue weighted by Crippen LogP contribution is -2.34. The molecule has 0 saturated carbocycles. The highest BCUT2D eigenvalue weighted by Gasteiger charge is 2.20. The summed E-state index contributed by atoms with van der Waals surface area (Å²) in [5.41, 5.74) is 1.22. The van der Waals surface area contributed by atoms with E-state index < -0.39 is 0 Å². The van der Waals surface area contributed by atoms with Crippen LogP contribution in [-0.2, 0) is 4.79 Å². The topological polar surface area (TPSA) is 70.2 Å². The third-order valence-electron chi connectivity index (χ3n) is 3.33. The van der Waals surface area contributed by atoms with Crippen molar-refractivity contribution in [2.24, 2.45) is 5.92 Å². The Morgan fingerprint density at radius 2 is 1.95 bits per heavy atom. The van der Waals surface area contributed by atoms with Gasteiger partial charge >= 0.3 is 0 Å². The van der Waals surface area contributed by atoms with Crippen LogP contribution in [-0.4, -0.2) is 32.0 Å². The van der Waals surface area contributed by atoms with Crippen molar-refractivity contribution in [3.63, 3.8) is 0 Å². The fraction of sp³-hybridized carbons (Fsp3) is 0.429. The van der Waals surface area contributed by atoms with Crippen LogP contribution in [0.15, 0.2) is 24.3 Å². The minimum atomic E-state index is -0.155. The lowest BCUT2D eigenvalue weighted by molar-refractivity contribution is -0.120. The minimum absolute atomic E-state index is 0. The molecule has 1 aliphatic heterocycles. The average Bonchev–Trinajstić information content (AvgIpc) is 2.47. The quantitative estimate of drug-likeness (QED) is 0.790. The molecule has 1 aromatic carbocycles. The summed E-state index contributed by atoms with van der Waals surface area (Å²) < 4.78 is 0. The van der Waals surface area contributed by atoms with Crippen LogP contribution in [0.1, 0.15) is 23.2 Å². The predicted molar refractivity (Wildman–Crippen MR) is 81.3 cm³/mol. The van der Waals surface area contributed by atoms with E-state index in [-0.39, 0.29) is 30.1 Å². The summed E-state index contributed by atoms with van der Waals surface area (Å²) in [6.07, 6.45) is 1.72. The first kappa shape index (κ1) is 16.5. The molecule has 0 radical (unpaired) electrons. The van der Waals surface area contributed by atoms with Gasteiger partial charge in [0.05, 0.1) is 0 Å². The molecule has 1 saturated heterocycles. The molecule has 0 aliphatic carbocycles. The fourth-order valence-corrected chi connectivity index (χ4v) is 2.21. The van der Waals surface area contributed by atoms with E-state index in [1.165, 1.54) is 0 Å². The van der Waals surface area contributed by atoms with Crippen LogP contribution in [0.3, 0.4) is 0 Å². The molecule has 0 bridgehead atoms. The van der Waals surface area contributed by atoms with Crippen molar-refractivity contribution in [3.8, 4) is 0 Å². The number of piperidine rings is 1. The molecule has 0 atom stereocenters. The molecule has 110 valence electrons. The molecular weight excluding hydrogens is 278 g/mol. The zero-order valence-corrected chi connectivity index (χ0v) is 12.3. The zero-order chi connectivity index (χ0) is 13.7. The minimum Gasteiger partial charge on any atom is -0.355 e. The highest BCUT2D eigenvalue weighted by Crippen LogP contribution is 2.16. The van der Waals surface area contributed by atoms with Crippen LogP contribution in [0.4, 0.5) is 5.69 Å². The van der Waals surface area contributed by atoms with Crippen molar-refractivity contribution in [1.29, 1.82) is 0 Å². The van der Waals surface area contributed by atoms with Gasteiger partial charge in [-0.3, -0.25) is 9.59 Å². The van der Waals surface area contributed by atoms with Gasteiger partial charge in [-0.1, -0.05) is 6.07 Å². The molecule has 1 aliphatic rings. The smallest absolute Gasteiger partial charge is 0.251 e. The van der Waals surface area contributed by atoms with Crippen LogP contribution >= 0.6 is 12.4 Å². The van der Waals surface area contributed by atoms with E-state index >= 15 is 0 Å². The van der Waals surface area contributed by atoms with Gasteiger partial charge in [0.15, 0.2) is 0 Å². The Hall–Kier alpha value is -1.59. The van der Waals surface area contributed by atoms with Crippen LogP contribution in [0.5, 0.6) is 0 Å². The Morgan fingerprint density at radius 3 is 2.60 bits per heavy atom. The molecule has 6 heteroatoms. The van der Waals surface area contributed by atoms with Crippen molar-refractivity contribution >= 4 is 29.9 Å². The fourth-order valence-electron chi connectivity index (χ4n) is 2.21. The van der Waals surface area contributed by atoms with E-state index in [1.54, 1.807) is 31.3 Å². The van der Waals surface area contributed by atoms with Crippen LogP contribution in [0.25, 0.3) is 0 Å². The third kappa shape index (κ3) is 4.21. The molecule has 0 aromatic heterocycles. The van der Waals surface area contributed by atoms with Crippen LogP contribution in [0.2, 0.25) is 0 Å². The lowest BCUT2D eigenvalue weighted by Gasteiger charge is -2.21. The standard InChI is InChI=1S/C14H19N3O2.ClH/c1-15-13(18)11-3-2-4-12(9-11)17-14(19)10-5-7-16-8-6-10;/h2-4,9-10,16H,5-8H2,1H3,(H,15,18)(H,17,19);1H. The van der Waals surface area contributed by atoms with Gasteiger partial charge in [-0.05, 0) is 44.1 Å². The molecule has 2 amide bonds. The van der Waals surface area contributed by atoms with Crippen molar-refractivity contribution in [1.82, 2.24) is 10.6 Å². The van der Waals surface area contributed by atoms with E-state index in [2.05, 4.69) is 16.0 Å². The molecule has 1 fully saturated rings. The Bertz CT molecular complexity index is 473. The number of carbonyl (C=O) groups is 2. The van der Waals surface area contributed by atoms with E-state index in [9.17, 15) is 9.59 Å². The summed E-state index contributed by atoms with van der Waals surface area (Å²) >= 11 is 0. The van der Waals surface area contributed by atoms with Crippen molar-refractivity contribution < 1.29 is 9.59 Å². The molecular formula is C14H20ClN3O2. The number of nitrogens with one attached hydrogen (secondary N) is 3. The average molecular weight is 298 g/mol. The third-order valence-corrected chi connectivity index (χ3v) is 3.33. The largest absolute Gasteiger partial charge is 0.355 e. The molecule has 2 rings (SSSR count). The number of benzene rings is 1. The zero-order valence-electron chi connectivity index (χ0n) is 11.4. The summed E-state index contributed by atoms with van der Waals surface area (Å²) in [4.78, 5) is 23.6. The Labute approximate surface area is 124 Å². The summed E-state index contributed by atoms with van der Waals surface area (Å²) in [6, 6.07) is 6.98. The van der Waals surface area contributed by atoms with Crippen LogP contribution in [0, 0.1) is 5.92 Å². The van der Waals surface area contributed by atoms with Crippen molar-refractivity contribution in [2.45, 2.75) is 12.8 Å². The predicted octanol–water partition coefficient (Wildman–Crippen LogP) is 1.41. The van der Waals surface area contributed by atoms with Gasteiger partial charge in [0, 0.05) is 24.2 Å². The molecule has 0 unspecified atom stereocenters. The number of amides is 2. The second-order valence-corrected chi connectivity index (χ2v) is 4.67. The molecule has 20 heavy (non-hydrogen) atoms. The van der Waals surface area contributed by atoms with Gasteiger partial charge in [0.1, 0.15) is 0 Å². The van der Waals surface area contributed by atoms with E-state index in [1.807, 2.05) is 0 Å². The number of hydrogen-bond donors (Lipinski definition) is 3. The summed E-state index contributed by atoms with van der Waals surface area (Å²) in [7, 11) is 1.59. The summed E-state index contributed by atoms with van der Waals surface area (Å²) in [6.45, 7) is 1.77. The second-order valence-electron chi connectivity index (χ2n) is 4.67. The SMILES string of the molecule is CNC(=O)c1cccc(NC(=O)C2CCNCC2)c1.Cl. The molecule has 5 nitrogen and oxygen atoms in total. The van der Waals surface area contributed by atoms with Crippen molar-refractivity contribution in [3.05, 3.63) is 29.8 Å². The van der Waals surface area contributed by atoms with Gasteiger partial charge in [-0.25, -0.2) is 0 Å². The van der Waals surface area contributed by atoms with Gasteiger partial charge in [0.2, 0.25) is 5.91 Å². The van der Waals surface area contributed by atoms with E-state index in [0.29, 0.717) is 11.3 Å². The first-order valence-corrected chi connectivity index (χ1v) is 6.54. The number of anilines is 1. The second kappa shape index (κ2) is 7.87. The lowest BCUT2D eigenvalue weighted by atomic mass is 9.97. The Kier molecular flexibility index (Phi) is 6.48. The number of rotatable bonds is 3. The maximum absolute atomic E-state index is 12.1. The molecule has 1 aromatic rings. The van der Waals surface area contributed by atoms with Gasteiger partial charge in [-0.2, -0.15) is 0 Å². The molecule has 0 spiro atoms. The van der Waals surface area contributed by atoms with Gasteiger partial charge < -0.3 is 16.0 Å². The molecule has 3 N–H and O–H groups in total. The highest BCUT2D eigenvalue weighted by atomic mass is 35.5. The maximum Gasteiger partial charge on any atom is 0.251 e. The number of halogens is 1. The number of carbonyl (C=O) groups excluding carboxylic acids is 2. The van der Waals surface area contributed by atoms with Gasteiger partial charge in [-0.15, -0.1) is 12.4 Å². The first-order chi connectivity index (χ1) is 9.20.